The summed E-state index contributed by atoms with van der Waals surface area (Å²) in [7, 11) is 1.57. The molecule has 106 valence electrons. The molecule has 2 rings (SSSR count). The maximum atomic E-state index is 11.9. The summed E-state index contributed by atoms with van der Waals surface area (Å²) >= 11 is 6.80. The second-order valence-corrected chi connectivity index (χ2v) is 6.07. The van der Waals surface area contributed by atoms with Crippen LogP contribution in [0.15, 0.2) is 26.7 Å². The number of Topliss-reactive ketones (excluding diaryl/α,β-unsaturated/α-hetero) is 1. The lowest BCUT2D eigenvalue weighted by Gasteiger charge is -2.08. The third-order valence-electron chi connectivity index (χ3n) is 2.95. The van der Waals surface area contributed by atoms with Crippen molar-refractivity contribution in [2.45, 2.75) is 12.8 Å². The Labute approximate surface area is 133 Å². The van der Waals surface area contributed by atoms with Crippen LogP contribution in [-0.2, 0) is 9.59 Å². The summed E-state index contributed by atoms with van der Waals surface area (Å²) in [5.41, 5.74) is 0.955. The molecule has 0 aliphatic carbocycles. The molecular weight excluding hydrogens is 390 g/mol. The Balaban J connectivity index is 2.43. The molecule has 6 heteroatoms. The predicted molar refractivity (Wildman–Crippen MR) is 83.6 cm³/mol. The first-order valence-corrected chi connectivity index (χ1v) is 7.67. The average molecular weight is 403 g/mol. The first-order chi connectivity index (χ1) is 9.52. The predicted octanol–water partition coefficient (Wildman–Crippen LogP) is 3.08. The molecule has 1 aliphatic rings. The summed E-state index contributed by atoms with van der Waals surface area (Å²) in [4.78, 5) is 23.8. The van der Waals surface area contributed by atoms with Crippen LogP contribution in [0, 0.1) is 0 Å². The molecule has 0 unspecified atom stereocenters. The highest BCUT2D eigenvalue weighted by molar-refractivity contribution is 9.11. The van der Waals surface area contributed by atoms with E-state index < -0.39 is 0 Å². The molecule has 1 aliphatic heterocycles. The molecule has 1 amide bonds. The van der Waals surface area contributed by atoms with Crippen LogP contribution >= 0.6 is 31.9 Å². The summed E-state index contributed by atoms with van der Waals surface area (Å²) in [5.74, 6) is 0.238. The zero-order valence-corrected chi connectivity index (χ0v) is 14.0. The molecule has 0 aromatic heterocycles. The van der Waals surface area contributed by atoms with E-state index in [4.69, 9.17) is 4.74 Å². The largest absolute Gasteiger partial charge is 0.494 e. The maximum Gasteiger partial charge on any atom is 0.254 e. The van der Waals surface area contributed by atoms with Gasteiger partial charge in [0.05, 0.1) is 21.6 Å². The van der Waals surface area contributed by atoms with Crippen LogP contribution in [0.25, 0.3) is 6.08 Å². The summed E-state index contributed by atoms with van der Waals surface area (Å²) in [6.07, 6.45) is 2.68. The van der Waals surface area contributed by atoms with Gasteiger partial charge in [-0.15, -0.1) is 0 Å². The van der Waals surface area contributed by atoms with Crippen LogP contribution < -0.4 is 10.1 Å². The van der Waals surface area contributed by atoms with Crippen LogP contribution in [0.3, 0.4) is 0 Å². The number of carbonyl (C=O) groups excluding carboxylic acids is 2. The van der Waals surface area contributed by atoms with Gasteiger partial charge in [0, 0.05) is 13.0 Å². The number of methoxy groups -OCH3 is 1. The fraction of sp³-hybridized carbons (Fsp3) is 0.286. The van der Waals surface area contributed by atoms with Gasteiger partial charge in [-0.05, 0) is 62.1 Å². The quantitative estimate of drug-likeness (QED) is 0.610. The minimum Gasteiger partial charge on any atom is -0.494 e. The van der Waals surface area contributed by atoms with E-state index in [9.17, 15) is 9.59 Å². The van der Waals surface area contributed by atoms with E-state index in [1.165, 1.54) is 0 Å². The smallest absolute Gasteiger partial charge is 0.254 e. The highest BCUT2D eigenvalue weighted by atomic mass is 79.9. The van der Waals surface area contributed by atoms with Crippen LogP contribution in [0.1, 0.15) is 18.4 Å². The molecule has 1 saturated heterocycles. The monoisotopic (exact) mass is 401 g/mol. The highest BCUT2D eigenvalue weighted by Crippen LogP contribution is 2.35. The number of ether oxygens (including phenoxy) is 1. The molecule has 1 aromatic carbocycles. The standard InChI is InChI=1S/C14H13Br2NO3/c1-20-13-10(15)6-8(7-11(13)16)5-9-12(18)3-2-4-17-14(9)19/h5-7H,2-4H2,1H3,(H,17,19). The first kappa shape index (κ1) is 15.3. The zero-order valence-electron chi connectivity index (χ0n) is 10.8. The van der Waals surface area contributed by atoms with E-state index in [1.54, 1.807) is 13.2 Å². The molecule has 1 aromatic rings. The Morgan fingerprint density at radius 2 is 1.90 bits per heavy atom. The maximum absolute atomic E-state index is 11.9. The minimum absolute atomic E-state index is 0.122. The number of amides is 1. The number of ketones is 1. The lowest BCUT2D eigenvalue weighted by molar-refractivity contribution is -0.121. The number of halogens is 2. The van der Waals surface area contributed by atoms with Gasteiger partial charge in [-0.1, -0.05) is 0 Å². The van der Waals surface area contributed by atoms with E-state index >= 15 is 0 Å². The van der Waals surface area contributed by atoms with Gasteiger partial charge in [0.25, 0.3) is 5.91 Å². The Hall–Kier alpha value is -1.14. The summed E-state index contributed by atoms with van der Waals surface area (Å²) < 4.78 is 6.73. The summed E-state index contributed by atoms with van der Waals surface area (Å²) in [6.45, 7) is 0.540. The van der Waals surface area contributed by atoms with Gasteiger partial charge in [-0.3, -0.25) is 9.59 Å². The zero-order chi connectivity index (χ0) is 14.7. The van der Waals surface area contributed by atoms with Crippen molar-refractivity contribution in [3.63, 3.8) is 0 Å². The van der Waals surface area contributed by atoms with Crippen molar-refractivity contribution in [1.29, 1.82) is 0 Å². The third kappa shape index (κ3) is 3.30. The lowest BCUT2D eigenvalue weighted by Crippen LogP contribution is -2.25. The van der Waals surface area contributed by atoms with Gasteiger partial charge >= 0.3 is 0 Å². The molecule has 0 radical (unpaired) electrons. The van der Waals surface area contributed by atoms with Crippen molar-refractivity contribution in [3.8, 4) is 5.75 Å². The highest BCUT2D eigenvalue weighted by Gasteiger charge is 2.21. The van der Waals surface area contributed by atoms with E-state index in [0.717, 1.165) is 14.5 Å². The molecule has 0 atom stereocenters. The third-order valence-corrected chi connectivity index (χ3v) is 4.13. The summed E-state index contributed by atoms with van der Waals surface area (Å²) in [5, 5.41) is 2.72. The Morgan fingerprint density at radius 3 is 2.50 bits per heavy atom. The number of nitrogens with one attached hydrogen (secondary N) is 1. The Morgan fingerprint density at radius 1 is 1.25 bits per heavy atom. The molecule has 1 N–H and O–H groups in total. The number of hydrogen-bond acceptors (Lipinski definition) is 3. The van der Waals surface area contributed by atoms with E-state index in [1.807, 2.05) is 12.1 Å². The molecule has 1 fully saturated rings. The Kier molecular flexibility index (Phi) is 4.99. The molecule has 0 bridgehead atoms. The van der Waals surface area contributed by atoms with Crippen LogP contribution in [-0.4, -0.2) is 25.3 Å². The average Bonchev–Trinajstić information content (AvgIpc) is 2.54. The van der Waals surface area contributed by atoms with Crippen molar-refractivity contribution >= 4 is 49.6 Å². The lowest BCUT2D eigenvalue weighted by atomic mass is 10.0. The van der Waals surface area contributed by atoms with Crippen molar-refractivity contribution in [2.75, 3.05) is 13.7 Å². The van der Waals surface area contributed by atoms with Crippen LogP contribution in [0.5, 0.6) is 5.75 Å². The number of carbonyl (C=O) groups is 2. The van der Waals surface area contributed by atoms with Gasteiger partial charge in [0.15, 0.2) is 5.78 Å². The fourth-order valence-corrected chi connectivity index (χ4v) is 3.52. The van der Waals surface area contributed by atoms with Crippen molar-refractivity contribution in [3.05, 3.63) is 32.2 Å². The van der Waals surface area contributed by atoms with Gasteiger partial charge in [0.1, 0.15) is 5.75 Å². The minimum atomic E-state index is -0.310. The second kappa shape index (κ2) is 6.54. The van der Waals surface area contributed by atoms with Gasteiger partial charge in [0.2, 0.25) is 0 Å². The summed E-state index contributed by atoms with van der Waals surface area (Å²) in [6, 6.07) is 3.62. The Bertz CT molecular complexity index is 553. The topological polar surface area (TPSA) is 55.4 Å². The molecule has 0 saturated carbocycles. The van der Waals surface area contributed by atoms with Crippen LogP contribution in [0.2, 0.25) is 0 Å². The molecular formula is C14H13Br2NO3. The molecule has 20 heavy (non-hydrogen) atoms. The number of benzene rings is 1. The van der Waals surface area contributed by atoms with Crippen LogP contribution in [0.4, 0.5) is 0 Å². The normalized spacial score (nSPS) is 17.9. The molecule has 4 nitrogen and oxygen atoms in total. The number of hydrogen-bond donors (Lipinski definition) is 1. The van der Waals surface area contributed by atoms with Crippen molar-refractivity contribution in [1.82, 2.24) is 5.32 Å². The molecule has 1 heterocycles. The first-order valence-electron chi connectivity index (χ1n) is 6.09. The number of rotatable bonds is 2. The SMILES string of the molecule is COc1c(Br)cc(C=C2C(=O)CCCNC2=O)cc1Br. The van der Waals surface area contributed by atoms with E-state index in [-0.39, 0.29) is 17.3 Å². The van der Waals surface area contributed by atoms with Gasteiger partial charge in [-0.25, -0.2) is 0 Å². The fourth-order valence-electron chi connectivity index (χ4n) is 1.98. The van der Waals surface area contributed by atoms with Crippen molar-refractivity contribution in [2.24, 2.45) is 0 Å². The van der Waals surface area contributed by atoms with E-state index in [2.05, 4.69) is 37.2 Å². The van der Waals surface area contributed by atoms with Crippen molar-refractivity contribution < 1.29 is 14.3 Å². The van der Waals surface area contributed by atoms with E-state index in [0.29, 0.717) is 25.1 Å². The molecule has 0 spiro atoms. The van der Waals surface area contributed by atoms with Gasteiger partial charge < -0.3 is 10.1 Å². The van der Waals surface area contributed by atoms with Gasteiger partial charge in [-0.2, -0.15) is 0 Å². The second-order valence-electron chi connectivity index (χ2n) is 4.36.